The number of rotatable bonds is 8. The average Bonchev–Trinajstić information content (AvgIpc) is 2.91. The van der Waals surface area contributed by atoms with Gasteiger partial charge < -0.3 is 21.3 Å². The minimum atomic E-state index is -4.52. The highest BCUT2D eigenvalue weighted by molar-refractivity contribution is 6.30. The van der Waals surface area contributed by atoms with Crippen LogP contribution in [0.15, 0.2) is 64.8 Å². The molecule has 216 valence electrons. The van der Waals surface area contributed by atoms with Crippen LogP contribution in [0.25, 0.3) is 0 Å². The quantitative estimate of drug-likeness (QED) is 0.220. The summed E-state index contributed by atoms with van der Waals surface area (Å²) in [7, 11) is 0. The second-order valence-electron chi connectivity index (χ2n) is 9.68. The largest absolute Gasteiger partial charge is 0.400 e. The molecule has 0 bridgehead atoms. The van der Waals surface area contributed by atoms with E-state index in [0.29, 0.717) is 27.6 Å². The van der Waals surface area contributed by atoms with E-state index in [4.69, 9.17) is 22.7 Å². The van der Waals surface area contributed by atoms with Gasteiger partial charge in [-0.2, -0.15) is 13.2 Å². The van der Waals surface area contributed by atoms with Crippen molar-refractivity contribution in [1.29, 1.82) is 5.41 Å². The maximum absolute atomic E-state index is 13.1. The highest BCUT2D eigenvalue weighted by Crippen LogP contribution is 2.33. The summed E-state index contributed by atoms with van der Waals surface area (Å²) in [5.41, 5.74) is 7.85. The highest BCUT2D eigenvalue weighted by atomic mass is 35.5. The lowest BCUT2D eigenvalue weighted by Gasteiger charge is -2.33. The fourth-order valence-corrected chi connectivity index (χ4v) is 4.46. The number of nitrogens with one attached hydrogen (secondary N) is 2. The summed E-state index contributed by atoms with van der Waals surface area (Å²) < 4.78 is 39.1. The van der Waals surface area contributed by atoms with Crippen molar-refractivity contribution in [2.75, 3.05) is 19.7 Å². The number of amidine groups is 1. The Morgan fingerprint density at radius 2 is 1.95 bits per heavy atom. The number of hydrogen-bond acceptors (Lipinski definition) is 6. The lowest BCUT2D eigenvalue weighted by atomic mass is 9.80. The molecule has 2 aromatic carbocycles. The fourth-order valence-electron chi connectivity index (χ4n) is 4.28. The molecular formula is C28H33ClF3N5O3. The number of halogens is 4. The molecule has 1 saturated carbocycles. The molecule has 1 unspecified atom stereocenters. The van der Waals surface area contributed by atoms with Crippen molar-refractivity contribution in [2.45, 2.75) is 50.8 Å². The Bertz CT molecular complexity index is 1280. The number of benzene rings is 2. The molecule has 0 radical (unpaired) electrons. The van der Waals surface area contributed by atoms with Crippen molar-refractivity contribution >= 4 is 34.9 Å². The van der Waals surface area contributed by atoms with E-state index in [1.807, 2.05) is 6.92 Å². The summed E-state index contributed by atoms with van der Waals surface area (Å²) in [5.74, 6) is -0.371. The van der Waals surface area contributed by atoms with Gasteiger partial charge in [0.15, 0.2) is 0 Å². The van der Waals surface area contributed by atoms with Gasteiger partial charge in [-0.25, -0.2) is 4.79 Å². The standard InChI is InChI=1S/C28H33ClF3N5O3/c1-2-18-6-8-19(9-7-18)25(34)37(13-12-28(30,31)32)26(39)35-16-23(33)22-10-11-27(40,17-38)15-24(22)36-21-5-3-4-20(29)14-21/h3-9,14,34,38,40H,2,10-13,15-17,33H2,1H3,(H,35,39)/b23-22-,34-25?,36-24?. The lowest BCUT2D eigenvalue weighted by molar-refractivity contribution is -0.135. The monoisotopic (exact) mass is 579 g/mol. The van der Waals surface area contributed by atoms with Gasteiger partial charge in [-0.05, 0) is 48.6 Å². The molecule has 1 aliphatic rings. The van der Waals surface area contributed by atoms with Crippen molar-refractivity contribution in [1.82, 2.24) is 10.2 Å². The summed E-state index contributed by atoms with van der Waals surface area (Å²) in [6.07, 6.45) is -4.63. The third kappa shape index (κ3) is 8.54. The van der Waals surface area contributed by atoms with E-state index < -0.39 is 37.4 Å². The molecule has 6 N–H and O–H groups in total. The van der Waals surface area contributed by atoms with Crippen LogP contribution in [0, 0.1) is 5.41 Å². The Morgan fingerprint density at radius 3 is 2.55 bits per heavy atom. The van der Waals surface area contributed by atoms with Crippen molar-refractivity contribution in [3.8, 4) is 0 Å². The van der Waals surface area contributed by atoms with E-state index in [1.165, 1.54) is 0 Å². The molecular weight excluding hydrogens is 547 g/mol. The van der Waals surface area contributed by atoms with Gasteiger partial charge in [0, 0.05) is 35.0 Å². The number of aliphatic hydroxyl groups is 2. The maximum Gasteiger partial charge on any atom is 0.390 e. The number of nitrogens with two attached hydrogens (primary N) is 1. The Balaban J connectivity index is 1.84. The van der Waals surface area contributed by atoms with Crippen LogP contribution in [0.3, 0.4) is 0 Å². The first-order valence-electron chi connectivity index (χ1n) is 12.8. The Kier molecular flexibility index (Phi) is 10.3. The number of hydrogen-bond donors (Lipinski definition) is 5. The third-order valence-electron chi connectivity index (χ3n) is 6.64. The van der Waals surface area contributed by atoms with Crippen molar-refractivity contribution in [2.24, 2.45) is 10.7 Å². The zero-order valence-electron chi connectivity index (χ0n) is 22.1. The molecule has 1 aliphatic carbocycles. The normalized spacial score (nSPS) is 19.8. The van der Waals surface area contributed by atoms with E-state index in [2.05, 4.69) is 10.3 Å². The second-order valence-corrected chi connectivity index (χ2v) is 10.1. The first kappa shape index (κ1) is 31.1. The van der Waals surface area contributed by atoms with Gasteiger partial charge >= 0.3 is 12.2 Å². The van der Waals surface area contributed by atoms with Crippen LogP contribution >= 0.6 is 11.6 Å². The number of alkyl halides is 3. The number of carbonyl (C=O) groups is 1. The minimum absolute atomic E-state index is 0.00387. The molecule has 2 amide bonds. The summed E-state index contributed by atoms with van der Waals surface area (Å²) in [5, 5.41) is 31.8. The zero-order valence-corrected chi connectivity index (χ0v) is 22.8. The number of aryl methyl sites for hydroxylation is 1. The number of urea groups is 1. The lowest BCUT2D eigenvalue weighted by Crippen LogP contribution is -2.46. The Morgan fingerprint density at radius 1 is 1.25 bits per heavy atom. The Hall–Kier alpha value is -3.41. The summed E-state index contributed by atoms with van der Waals surface area (Å²) >= 11 is 6.06. The topological polar surface area (TPSA) is 135 Å². The summed E-state index contributed by atoms with van der Waals surface area (Å²) in [4.78, 5) is 18.4. The van der Waals surface area contributed by atoms with Gasteiger partial charge in [-0.3, -0.25) is 15.3 Å². The van der Waals surface area contributed by atoms with Gasteiger partial charge in [0.2, 0.25) is 0 Å². The molecule has 1 atom stereocenters. The molecule has 8 nitrogen and oxygen atoms in total. The Labute approximate surface area is 235 Å². The number of nitrogens with zero attached hydrogens (tertiary/aromatic N) is 2. The van der Waals surface area contributed by atoms with Gasteiger partial charge in [-0.1, -0.05) is 48.9 Å². The molecule has 2 aromatic rings. The molecule has 12 heteroatoms. The van der Waals surface area contributed by atoms with Crippen LogP contribution in [0.1, 0.15) is 43.7 Å². The summed E-state index contributed by atoms with van der Waals surface area (Å²) in [6.45, 7) is 0.487. The van der Waals surface area contributed by atoms with Crippen LogP contribution < -0.4 is 11.1 Å². The molecule has 0 aromatic heterocycles. The average molecular weight is 580 g/mol. The molecule has 1 fully saturated rings. The van der Waals surface area contributed by atoms with Crippen LogP contribution in [0.4, 0.5) is 23.7 Å². The maximum atomic E-state index is 13.1. The van der Waals surface area contributed by atoms with Gasteiger partial charge in [0.1, 0.15) is 5.84 Å². The molecule has 0 heterocycles. The van der Waals surface area contributed by atoms with Crippen LogP contribution in [-0.2, 0) is 6.42 Å². The van der Waals surface area contributed by atoms with E-state index in [0.717, 1.165) is 16.9 Å². The van der Waals surface area contributed by atoms with E-state index in [1.54, 1.807) is 48.5 Å². The number of aliphatic hydroxyl groups excluding tert-OH is 1. The minimum Gasteiger partial charge on any atom is -0.400 e. The molecule has 40 heavy (non-hydrogen) atoms. The number of aliphatic imine (C=N–C) groups is 1. The van der Waals surface area contributed by atoms with Crippen molar-refractivity contribution in [3.05, 3.63) is 76.0 Å². The van der Waals surface area contributed by atoms with Gasteiger partial charge in [0.05, 0.1) is 30.9 Å². The third-order valence-corrected chi connectivity index (χ3v) is 6.87. The van der Waals surface area contributed by atoms with E-state index in [9.17, 15) is 28.2 Å². The van der Waals surface area contributed by atoms with Crippen LogP contribution in [0.5, 0.6) is 0 Å². The predicted molar refractivity (Wildman–Crippen MR) is 149 cm³/mol. The summed E-state index contributed by atoms with van der Waals surface area (Å²) in [6, 6.07) is 12.5. The van der Waals surface area contributed by atoms with E-state index >= 15 is 0 Å². The first-order valence-corrected chi connectivity index (χ1v) is 13.2. The predicted octanol–water partition coefficient (Wildman–Crippen LogP) is 5.08. The molecule has 0 saturated heterocycles. The molecule has 3 rings (SSSR count). The van der Waals surface area contributed by atoms with Gasteiger partial charge in [0.25, 0.3) is 0 Å². The van der Waals surface area contributed by atoms with Crippen molar-refractivity contribution < 1.29 is 28.2 Å². The second kappa shape index (κ2) is 13.3. The fraction of sp³-hybridized carbons (Fsp3) is 0.393. The SMILES string of the molecule is CCc1ccc(C(=N)N(CCC(F)(F)F)C(=O)NC/C(N)=C2\CCC(O)(CO)CC2=Nc2cccc(Cl)c2)cc1. The van der Waals surface area contributed by atoms with Crippen LogP contribution in [-0.4, -0.2) is 64.2 Å². The first-order chi connectivity index (χ1) is 18.8. The number of allylic oxidation sites excluding steroid dienone is 1. The molecule has 0 aliphatic heterocycles. The van der Waals surface area contributed by atoms with Crippen molar-refractivity contribution in [3.63, 3.8) is 0 Å². The number of carbonyl (C=O) groups excluding carboxylic acids is 1. The molecule has 0 spiro atoms. The van der Waals surface area contributed by atoms with E-state index in [-0.39, 0.29) is 37.3 Å². The smallest absolute Gasteiger partial charge is 0.390 e. The highest BCUT2D eigenvalue weighted by Gasteiger charge is 2.35. The van der Waals surface area contributed by atoms with Crippen LogP contribution in [0.2, 0.25) is 5.02 Å². The zero-order chi connectivity index (χ0) is 29.5. The van der Waals surface area contributed by atoms with Gasteiger partial charge in [-0.15, -0.1) is 0 Å². The number of amides is 2.